The summed E-state index contributed by atoms with van der Waals surface area (Å²) in [6, 6.07) is 13.8. The normalized spacial score (nSPS) is 15.8. The topological polar surface area (TPSA) is 113 Å². The average Bonchev–Trinajstić information content (AvgIpc) is 3.49. The molecule has 1 aliphatic heterocycles. The van der Waals surface area contributed by atoms with Crippen LogP contribution in [-0.4, -0.2) is 54.2 Å². The molecule has 0 amide bonds. The van der Waals surface area contributed by atoms with Gasteiger partial charge in [-0.1, -0.05) is 17.3 Å². The van der Waals surface area contributed by atoms with Crippen LogP contribution in [0.5, 0.6) is 5.88 Å². The molecule has 0 saturated carbocycles. The maximum atomic E-state index is 5.89. The van der Waals surface area contributed by atoms with Gasteiger partial charge in [-0.3, -0.25) is 4.98 Å². The summed E-state index contributed by atoms with van der Waals surface area (Å²) in [7, 11) is 0. The summed E-state index contributed by atoms with van der Waals surface area (Å²) < 4.78 is 13.0. The van der Waals surface area contributed by atoms with Gasteiger partial charge >= 0.3 is 0 Å². The van der Waals surface area contributed by atoms with Crippen LogP contribution in [0, 0.1) is 0 Å². The van der Waals surface area contributed by atoms with E-state index in [1.54, 1.807) is 23.3 Å². The van der Waals surface area contributed by atoms with Crippen LogP contribution in [0.4, 0.5) is 11.5 Å². The highest BCUT2D eigenvalue weighted by molar-refractivity contribution is 5.79. The van der Waals surface area contributed by atoms with Gasteiger partial charge in [-0.2, -0.15) is 0 Å². The van der Waals surface area contributed by atoms with Crippen LogP contribution in [0.3, 0.4) is 0 Å². The zero-order chi connectivity index (χ0) is 22.0. The lowest BCUT2D eigenvalue weighted by molar-refractivity contribution is 0.138. The Kier molecular flexibility index (Phi) is 4.96. The van der Waals surface area contributed by atoms with Crippen molar-refractivity contribution in [1.82, 2.24) is 34.9 Å². The van der Waals surface area contributed by atoms with Gasteiger partial charge < -0.3 is 14.8 Å². The highest BCUT2D eigenvalue weighted by Gasteiger charge is 2.18. The van der Waals surface area contributed by atoms with Crippen molar-refractivity contribution in [3.63, 3.8) is 0 Å². The number of nitrogens with one attached hydrogen (secondary N) is 1. The quantitative estimate of drug-likeness (QED) is 0.425. The van der Waals surface area contributed by atoms with Crippen molar-refractivity contribution in [3.05, 3.63) is 66.6 Å². The van der Waals surface area contributed by atoms with Gasteiger partial charge in [0, 0.05) is 36.0 Å². The smallest absolute Gasteiger partial charge is 0.221 e. The SMILES string of the molecule is c1cnc2ccc(Cn3nnc4ncc(Nc5ccnc(O[C@H]6CCOC6)c5)nc43)cc2c1. The summed E-state index contributed by atoms with van der Waals surface area (Å²) in [5.41, 5.74) is 3.92. The summed E-state index contributed by atoms with van der Waals surface area (Å²) in [6.07, 6.45) is 6.02. The van der Waals surface area contributed by atoms with Crippen molar-refractivity contribution < 1.29 is 9.47 Å². The lowest BCUT2D eigenvalue weighted by Crippen LogP contribution is -2.16. The summed E-state index contributed by atoms with van der Waals surface area (Å²) in [5.74, 6) is 1.12. The van der Waals surface area contributed by atoms with E-state index >= 15 is 0 Å². The predicted octanol–water partition coefficient (Wildman–Crippen LogP) is 3.12. The molecular weight excluding hydrogens is 420 g/mol. The molecule has 0 bridgehead atoms. The van der Waals surface area contributed by atoms with Gasteiger partial charge in [0.15, 0.2) is 11.5 Å². The molecule has 4 aromatic heterocycles. The summed E-state index contributed by atoms with van der Waals surface area (Å²) >= 11 is 0. The third-order valence-corrected chi connectivity index (χ3v) is 5.41. The Bertz CT molecular complexity index is 1430. The number of ether oxygens (including phenoxy) is 2. The first-order valence-electron chi connectivity index (χ1n) is 10.7. The second kappa shape index (κ2) is 8.40. The summed E-state index contributed by atoms with van der Waals surface area (Å²) in [5, 5.41) is 12.7. The van der Waals surface area contributed by atoms with Gasteiger partial charge in [-0.05, 0) is 29.8 Å². The van der Waals surface area contributed by atoms with E-state index in [-0.39, 0.29) is 6.10 Å². The molecule has 5 heterocycles. The minimum absolute atomic E-state index is 0.0372. The molecule has 10 nitrogen and oxygen atoms in total. The van der Waals surface area contributed by atoms with Gasteiger partial charge in [0.25, 0.3) is 0 Å². The second-order valence-electron chi connectivity index (χ2n) is 7.79. The number of fused-ring (bicyclic) bond motifs is 2. The van der Waals surface area contributed by atoms with Crippen LogP contribution in [0.15, 0.2) is 61.1 Å². The maximum absolute atomic E-state index is 5.89. The minimum Gasteiger partial charge on any atom is -0.472 e. The number of nitrogens with zero attached hydrogens (tertiary/aromatic N) is 7. The monoisotopic (exact) mass is 440 g/mol. The Labute approximate surface area is 188 Å². The van der Waals surface area contributed by atoms with Crippen molar-refractivity contribution in [3.8, 4) is 5.88 Å². The lowest BCUT2D eigenvalue weighted by Gasteiger charge is -2.12. The van der Waals surface area contributed by atoms with Crippen molar-refractivity contribution in [1.29, 1.82) is 0 Å². The average molecular weight is 440 g/mol. The molecule has 164 valence electrons. The van der Waals surface area contributed by atoms with Crippen LogP contribution in [-0.2, 0) is 11.3 Å². The van der Waals surface area contributed by atoms with Gasteiger partial charge in [0.1, 0.15) is 6.10 Å². The standard InChI is InChI=1S/C23H20N8O2/c1-2-16-10-15(3-4-19(16)24-7-1)13-31-23-22(29-30-31)26-12-20(28-23)27-17-5-8-25-21(11-17)33-18-6-9-32-14-18/h1-5,7-8,10-12,18H,6,9,13-14H2,(H,25,27,28)/t18-/m0/s1. The number of pyridine rings is 2. The van der Waals surface area contributed by atoms with E-state index < -0.39 is 0 Å². The van der Waals surface area contributed by atoms with Gasteiger partial charge in [-0.15, -0.1) is 5.10 Å². The Morgan fingerprint density at radius 2 is 2.09 bits per heavy atom. The first-order valence-corrected chi connectivity index (χ1v) is 10.7. The Morgan fingerprint density at radius 3 is 3.03 bits per heavy atom. The third-order valence-electron chi connectivity index (χ3n) is 5.41. The zero-order valence-corrected chi connectivity index (χ0v) is 17.6. The lowest BCUT2D eigenvalue weighted by atomic mass is 10.1. The number of aromatic nitrogens is 7. The molecule has 1 saturated heterocycles. The summed E-state index contributed by atoms with van der Waals surface area (Å²) in [6.45, 7) is 1.83. The first kappa shape index (κ1) is 19.5. The highest BCUT2D eigenvalue weighted by Crippen LogP contribution is 2.22. The van der Waals surface area contributed by atoms with Crippen molar-refractivity contribution in [2.24, 2.45) is 0 Å². The van der Waals surface area contributed by atoms with E-state index in [1.165, 1.54) is 0 Å². The molecular formula is C23H20N8O2. The van der Waals surface area contributed by atoms with Crippen LogP contribution < -0.4 is 10.1 Å². The van der Waals surface area contributed by atoms with E-state index in [4.69, 9.17) is 14.5 Å². The maximum Gasteiger partial charge on any atom is 0.221 e. The third kappa shape index (κ3) is 4.15. The van der Waals surface area contributed by atoms with E-state index in [0.29, 0.717) is 36.1 Å². The molecule has 10 heteroatoms. The molecule has 0 aliphatic carbocycles. The van der Waals surface area contributed by atoms with Crippen LogP contribution in [0.25, 0.3) is 22.2 Å². The van der Waals surface area contributed by atoms with Gasteiger partial charge in [0.05, 0.1) is 31.5 Å². The summed E-state index contributed by atoms with van der Waals surface area (Å²) in [4.78, 5) is 17.8. The second-order valence-corrected chi connectivity index (χ2v) is 7.79. The van der Waals surface area contributed by atoms with Gasteiger partial charge in [-0.25, -0.2) is 19.6 Å². The number of rotatable bonds is 6. The van der Waals surface area contributed by atoms with E-state index in [9.17, 15) is 0 Å². The largest absolute Gasteiger partial charge is 0.472 e. The first-order chi connectivity index (χ1) is 16.3. The predicted molar refractivity (Wildman–Crippen MR) is 121 cm³/mol. The van der Waals surface area contributed by atoms with Crippen molar-refractivity contribution in [2.75, 3.05) is 18.5 Å². The molecule has 6 rings (SSSR count). The van der Waals surface area contributed by atoms with Crippen molar-refractivity contribution in [2.45, 2.75) is 19.1 Å². The Morgan fingerprint density at radius 1 is 1.09 bits per heavy atom. The molecule has 0 radical (unpaired) electrons. The molecule has 33 heavy (non-hydrogen) atoms. The number of benzene rings is 1. The van der Waals surface area contributed by atoms with E-state index in [2.05, 4.69) is 36.6 Å². The molecule has 1 fully saturated rings. The fourth-order valence-electron chi connectivity index (χ4n) is 3.79. The molecule has 1 aromatic carbocycles. The van der Waals surface area contributed by atoms with Crippen LogP contribution >= 0.6 is 0 Å². The fraction of sp³-hybridized carbons (Fsp3) is 0.217. The number of hydrogen-bond acceptors (Lipinski definition) is 9. The van der Waals surface area contributed by atoms with Gasteiger partial charge in [0.2, 0.25) is 11.5 Å². The molecule has 1 N–H and O–H groups in total. The minimum atomic E-state index is 0.0372. The molecule has 0 spiro atoms. The zero-order valence-electron chi connectivity index (χ0n) is 17.6. The van der Waals surface area contributed by atoms with E-state index in [1.807, 2.05) is 36.4 Å². The highest BCUT2D eigenvalue weighted by atomic mass is 16.5. The molecule has 1 atom stereocenters. The van der Waals surface area contributed by atoms with E-state index in [0.717, 1.165) is 35.2 Å². The molecule has 1 aliphatic rings. The van der Waals surface area contributed by atoms with Crippen LogP contribution in [0.2, 0.25) is 0 Å². The van der Waals surface area contributed by atoms with Crippen LogP contribution in [0.1, 0.15) is 12.0 Å². The number of hydrogen-bond donors (Lipinski definition) is 1. The Hall–Kier alpha value is -4.18. The van der Waals surface area contributed by atoms with Crippen molar-refractivity contribution >= 4 is 33.7 Å². The molecule has 0 unspecified atom stereocenters. The fourth-order valence-corrected chi connectivity index (χ4v) is 3.79. The Balaban J connectivity index is 1.23. The number of anilines is 2. The molecule has 5 aromatic rings.